The number of piperidine rings is 1. The number of nitrogens with one attached hydrogen (secondary N) is 1. The molecule has 0 bridgehead atoms. The molecule has 0 unspecified atom stereocenters. The first-order valence-electron chi connectivity index (χ1n) is 10.8. The van der Waals surface area contributed by atoms with Crippen molar-refractivity contribution >= 4 is 26.7 Å². The quantitative estimate of drug-likeness (QED) is 0.610. The number of amides is 1. The third-order valence-corrected chi connectivity index (χ3v) is 8.07. The third kappa shape index (κ3) is 4.64. The highest BCUT2D eigenvalue weighted by Gasteiger charge is 2.32. The molecule has 1 atom stereocenters. The van der Waals surface area contributed by atoms with Crippen molar-refractivity contribution in [2.24, 2.45) is 5.92 Å². The van der Waals surface area contributed by atoms with Gasteiger partial charge in [0, 0.05) is 19.0 Å². The second-order valence-corrected chi connectivity index (χ2v) is 10.1. The van der Waals surface area contributed by atoms with Crippen LogP contribution < -0.4 is 10.1 Å². The lowest BCUT2D eigenvalue weighted by Crippen LogP contribution is -2.43. The first-order valence-corrected chi connectivity index (χ1v) is 12.3. The van der Waals surface area contributed by atoms with Crippen molar-refractivity contribution < 1.29 is 17.9 Å². The summed E-state index contributed by atoms with van der Waals surface area (Å²) in [5.74, 6) is 0.396. The Morgan fingerprint density at radius 2 is 1.66 bits per heavy atom. The van der Waals surface area contributed by atoms with Gasteiger partial charge < -0.3 is 10.1 Å². The van der Waals surface area contributed by atoms with Gasteiger partial charge in [-0.2, -0.15) is 4.31 Å². The van der Waals surface area contributed by atoms with Crippen LogP contribution in [0.4, 0.5) is 0 Å². The van der Waals surface area contributed by atoms with Gasteiger partial charge >= 0.3 is 0 Å². The standard InChI is InChI=1S/C25H28N2O4S/c1-18(21-8-7-19-5-3-4-6-22(19)17-21)26-25(28)20-13-15-27(16-14-20)32(29,30)24-11-9-23(31-2)10-12-24/h3-12,17-18,20H,13-16H2,1-2H3,(H,26,28)/t18-/m1/s1. The number of hydrogen-bond donors (Lipinski definition) is 1. The van der Waals surface area contributed by atoms with Crippen molar-refractivity contribution in [3.8, 4) is 5.75 Å². The summed E-state index contributed by atoms with van der Waals surface area (Å²) < 4.78 is 32.4. The van der Waals surface area contributed by atoms with Crippen LogP contribution in [0.15, 0.2) is 71.6 Å². The van der Waals surface area contributed by atoms with Crippen molar-refractivity contribution in [2.75, 3.05) is 20.2 Å². The van der Waals surface area contributed by atoms with E-state index < -0.39 is 10.0 Å². The summed E-state index contributed by atoms with van der Waals surface area (Å²) in [5.41, 5.74) is 1.05. The molecule has 3 aromatic rings. The molecule has 1 fully saturated rings. The number of fused-ring (bicyclic) bond motifs is 1. The van der Waals surface area contributed by atoms with Crippen molar-refractivity contribution in [2.45, 2.75) is 30.7 Å². The molecule has 3 aromatic carbocycles. The number of carbonyl (C=O) groups is 1. The fourth-order valence-corrected chi connectivity index (χ4v) is 5.62. The monoisotopic (exact) mass is 452 g/mol. The number of methoxy groups -OCH3 is 1. The molecule has 0 aliphatic carbocycles. The molecule has 168 valence electrons. The molecular weight excluding hydrogens is 424 g/mol. The third-order valence-electron chi connectivity index (χ3n) is 6.15. The Kier molecular flexibility index (Phi) is 6.48. The minimum atomic E-state index is -3.58. The minimum absolute atomic E-state index is 0.0212. The smallest absolute Gasteiger partial charge is 0.243 e. The van der Waals surface area contributed by atoms with Gasteiger partial charge in [-0.15, -0.1) is 0 Å². The summed E-state index contributed by atoms with van der Waals surface area (Å²) in [5, 5.41) is 5.42. The molecule has 1 amide bonds. The highest BCUT2D eigenvalue weighted by atomic mass is 32.2. The summed E-state index contributed by atoms with van der Waals surface area (Å²) >= 11 is 0. The number of benzene rings is 3. The van der Waals surface area contributed by atoms with Crippen LogP contribution in [0.2, 0.25) is 0 Å². The molecule has 1 aliphatic rings. The predicted molar refractivity (Wildman–Crippen MR) is 125 cm³/mol. The van der Waals surface area contributed by atoms with Gasteiger partial charge in [0.25, 0.3) is 0 Å². The molecule has 0 aromatic heterocycles. The SMILES string of the molecule is COc1ccc(S(=O)(=O)N2CCC(C(=O)N[C@H](C)c3ccc4ccccc4c3)CC2)cc1. The largest absolute Gasteiger partial charge is 0.497 e. The predicted octanol–water partition coefficient (Wildman–Crippen LogP) is 4.13. The van der Waals surface area contributed by atoms with Crippen LogP contribution in [0.5, 0.6) is 5.75 Å². The Labute approximate surface area is 189 Å². The fourth-order valence-electron chi connectivity index (χ4n) is 4.15. The summed E-state index contributed by atoms with van der Waals surface area (Å²) in [7, 11) is -2.04. The summed E-state index contributed by atoms with van der Waals surface area (Å²) in [6, 6.07) is 20.6. The van der Waals surface area contributed by atoms with E-state index in [-0.39, 0.29) is 22.8 Å². The van der Waals surface area contributed by atoms with Crippen molar-refractivity contribution in [1.82, 2.24) is 9.62 Å². The molecule has 7 heteroatoms. The van der Waals surface area contributed by atoms with Crippen LogP contribution in [0, 0.1) is 5.92 Å². The van der Waals surface area contributed by atoms with Gasteiger partial charge in [-0.1, -0.05) is 36.4 Å². The fraction of sp³-hybridized carbons (Fsp3) is 0.320. The summed E-state index contributed by atoms with van der Waals surface area (Å²) in [6.07, 6.45) is 1.01. The van der Waals surface area contributed by atoms with Crippen molar-refractivity contribution in [3.63, 3.8) is 0 Å². The molecule has 1 N–H and O–H groups in total. The minimum Gasteiger partial charge on any atom is -0.497 e. The van der Waals surface area contributed by atoms with Crippen molar-refractivity contribution in [1.29, 1.82) is 0 Å². The first kappa shape index (κ1) is 22.3. The Morgan fingerprint density at radius 1 is 1.00 bits per heavy atom. The number of hydrogen-bond acceptors (Lipinski definition) is 4. The number of sulfonamides is 1. The van der Waals surface area contributed by atoms with Crippen LogP contribution in [-0.2, 0) is 14.8 Å². The molecule has 1 heterocycles. The highest BCUT2D eigenvalue weighted by molar-refractivity contribution is 7.89. The molecule has 0 saturated carbocycles. The molecule has 0 radical (unpaired) electrons. The van der Waals surface area contributed by atoms with Crippen LogP contribution in [0.3, 0.4) is 0 Å². The highest BCUT2D eigenvalue weighted by Crippen LogP contribution is 2.26. The maximum absolute atomic E-state index is 12.9. The topological polar surface area (TPSA) is 75.7 Å². The molecule has 6 nitrogen and oxygen atoms in total. The average Bonchev–Trinajstić information content (AvgIpc) is 2.83. The second kappa shape index (κ2) is 9.30. The zero-order chi connectivity index (χ0) is 22.7. The Bertz CT molecular complexity index is 1200. The van der Waals surface area contributed by atoms with Gasteiger partial charge in [0.2, 0.25) is 15.9 Å². The van der Waals surface area contributed by atoms with Gasteiger partial charge in [0.1, 0.15) is 5.75 Å². The van der Waals surface area contributed by atoms with Gasteiger partial charge in [-0.3, -0.25) is 4.79 Å². The Hall–Kier alpha value is -2.90. The lowest BCUT2D eigenvalue weighted by Gasteiger charge is -2.31. The van der Waals surface area contributed by atoms with Crippen molar-refractivity contribution in [3.05, 3.63) is 72.3 Å². The van der Waals surface area contributed by atoms with Gasteiger partial charge in [0.15, 0.2) is 0 Å². The number of nitrogens with zero attached hydrogens (tertiary/aromatic N) is 1. The van der Waals surface area contributed by atoms with E-state index in [0.717, 1.165) is 10.9 Å². The first-order chi connectivity index (χ1) is 15.4. The molecule has 1 aliphatic heterocycles. The molecular formula is C25H28N2O4S. The maximum atomic E-state index is 12.9. The summed E-state index contributed by atoms with van der Waals surface area (Å²) in [6.45, 7) is 2.64. The summed E-state index contributed by atoms with van der Waals surface area (Å²) in [4.78, 5) is 13.1. The normalized spacial score (nSPS) is 16.6. The van der Waals surface area contributed by atoms with E-state index in [1.807, 2.05) is 25.1 Å². The molecule has 1 saturated heterocycles. The van der Waals surface area contributed by atoms with E-state index in [4.69, 9.17) is 4.74 Å². The van der Waals surface area contributed by atoms with Gasteiger partial charge in [-0.05, 0) is 66.4 Å². The average molecular weight is 453 g/mol. The zero-order valence-electron chi connectivity index (χ0n) is 18.3. The van der Waals surface area contributed by atoms with E-state index in [9.17, 15) is 13.2 Å². The van der Waals surface area contributed by atoms with Crippen LogP contribution in [0.25, 0.3) is 10.8 Å². The number of rotatable bonds is 6. The second-order valence-electron chi connectivity index (χ2n) is 8.19. The van der Waals surface area contributed by atoms with Gasteiger partial charge in [0.05, 0.1) is 18.0 Å². The van der Waals surface area contributed by atoms with Crippen LogP contribution in [0.1, 0.15) is 31.4 Å². The molecule has 32 heavy (non-hydrogen) atoms. The molecule has 0 spiro atoms. The van der Waals surface area contributed by atoms with Gasteiger partial charge in [-0.25, -0.2) is 8.42 Å². The van der Waals surface area contributed by atoms with Crippen LogP contribution >= 0.6 is 0 Å². The zero-order valence-corrected chi connectivity index (χ0v) is 19.1. The Balaban J connectivity index is 1.36. The van der Waals surface area contributed by atoms with E-state index >= 15 is 0 Å². The molecule has 4 rings (SSSR count). The van der Waals surface area contributed by atoms with Crippen LogP contribution in [-0.4, -0.2) is 38.8 Å². The van der Waals surface area contributed by atoms with E-state index in [2.05, 4.69) is 29.6 Å². The van der Waals surface area contributed by atoms with E-state index in [1.165, 1.54) is 9.69 Å². The Morgan fingerprint density at radius 3 is 2.31 bits per heavy atom. The van der Waals surface area contributed by atoms with E-state index in [0.29, 0.717) is 31.7 Å². The lowest BCUT2D eigenvalue weighted by atomic mass is 9.96. The van der Waals surface area contributed by atoms with E-state index in [1.54, 1.807) is 31.4 Å². The number of ether oxygens (including phenoxy) is 1. The lowest BCUT2D eigenvalue weighted by molar-refractivity contribution is -0.126. The maximum Gasteiger partial charge on any atom is 0.243 e. The number of carbonyl (C=O) groups excluding carboxylic acids is 1.